The molecular weight excluding hydrogens is 279 g/mol. The molecule has 0 amide bonds. The van der Waals surface area contributed by atoms with Gasteiger partial charge >= 0.3 is 8.69 Å². The first-order valence-electron chi connectivity index (χ1n) is 8.45. The number of hydrogen-bond acceptors (Lipinski definition) is 2. The molecule has 1 aromatic rings. The third-order valence-corrected chi connectivity index (χ3v) is 4.17. The minimum atomic E-state index is -0.286. The van der Waals surface area contributed by atoms with Gasteiger partial charge in [0.1, 0.15) is 5.75 Å². The summed E-state index contributed by atoms with van der Waals surface area (Å²) >= 11 is 0. The Labute approximate surface area is 131 Å². The second-order valence-electron chi connectivity index (χ2n) is 5.74. The molecule has 2 nitrogen and oxygen atoms in total. The van der Waals surface area contributed by atoms with Gasteiger partial charge in [-0.25, -0.2) is 4.57 Å². The van der Waals surface area contributed by atoms with Crippen molar-refractivity contribution in [1.82, 2.24) is 0 Å². The van der Waals surface area contributed by atoms with Gasteiger partial charge in [-0.15, -0.1) is 0 Å². The molecule has 1 aromatic carbocycles. The number of rotatable bonds is 13. The van der Waals surface area contributed by atoms with Gasteiger partial charge in [0.05, 0.1) is 0 Å². The smallest absolute Gasteiger partial charge is 0.395 e. The van der Waals surface area contributed by atoms with Crippen LogP contribution in [-0.2, 0) is 11.0 Å². The van der Waals surface area contributed by atoms with Crippen molar-refractivity contribution in [2.75, 3.05) is 0 Å². The summed E-state index contributed by atoms with van der Waals surface area (Å²) in [4.78, 5) is 0. The Morgan fingerprint density at radius 2 is 1.33 bits per heavy atom. The predicted octanol–water partition coefficient (Wildman–Crippen LogP) is 6.74. The summed E-state index contributed by atoms with van der Waals surface area (Å²) in [6.07, 6.45) is 14.9. The summed E-state index contributed by atoms with van der Waals surface area (Å²) in [6, 6.07) is 7.90. The first kappa shape index (κ1) is 18.2. The summed E-state index contributed by atoms with van der Waals surface area (Å²) < 4.78 is 15.2. The van der Waals surface area contributed by atoms with E-state index in [1.54, 1.807) is 0 Å². The summed E-state index contributed by atoms with van der Waals surface area (Å²) in [6.45, 7) is 2.27. The Kier molecular flexibility index (Phi) is 11.1. The molecule has 0 aliphatic heterocycles. The van der Waals surface area contributed by atoms with Gasteiger partial charge in [0.25, 0.3) is 0 Å². The lowest BCUT2D eigenvalue weighted by Gasteiger charge is -2.04. The van der Waals surface area contributed by atoms with Crippen LogP contribution >= 0.6 is 8.69 Å². The Hall–Kier alpha value is -0.880. The third kappa shape index (κ3) is 9.63. The van der Waals surface area contributed by atoms with Gasteiger partial charge in [0.15, 0.2) is 0 Å². The van der Waals surface area contributed by atoms with E-state index >= 15 is 0 Å². The van der Waals surface area contributed by atoms with Crippen molar-refractivity contribution in [3.05, 3.63) is 29.8 Å². The fourth-order valence-corrected chi connectivity index (χ4v) is 2.78. The fourth-order valence-electron chi connectivity index (χ4n) is 2.58. The molecule has 0 aliphatic rings. The zero-order valence-electron chi connectivity index (χ0n) is 13.4. The van der Waals surface area contributed by atoms with Crippen molar-refractivity contribution >= 4 is 8.69 Å². The molecule has 0 atom stereocenters. The Balaban J connectivity index is 1.95. The van der Waals surface area contributed by atoms with Crippen LogP contribution in [0.4, 0.5) is 0 Å². The molecule has 3 heteroatoms. The third-order valence-electron chi connectivity index (χ3n) is 3.89. The second-order valence-corrected chi connectivity index (χ2v) is 6.07. The van der Waals surface area contributed by atoms with Gasteiger partial charge in [-0.2, -0.15) is 0 Å². The molecule has 0 aliphatic carbocycles. The van der Waals surface area contributed by atoms with E-state index in [-0.39, 0.29) is 8.69 Å². The minimum absolute atomic E-state index is 0.286. The number of benzene rings is 1. The molecule has 118 valence electrons. The molecule has 0 fully saturated rings. The highest BCUT2D eigenvalue weighted by molar-refractivity contribution is 7.17. The zero-order chi connectivity index (χ0) is 15.2. The summed E-state index contributed by atoms with van der Waals surface area (Å²) in [5.74, 6) is 0.665. The van der Waals surface area contributed by atoms with Gasteiger partial charge < -0.3 is 4.52 Å². The van der Waals surface area contributed by atoms with Crippen LogP contribution in [0.1, 0.15) is 76.7 Å². The van der Waals surface area contributed by atoms with Crippen LogP contribution in [-0.4, -0.2) is 0 Å². The van der Waals surface area contributed by atoms with Crippen LogP contribution in [0.3, 0.4) is 0 Å². The molecule has 0 radical (unpaired) electrons. The van der Waals surface area contributed by atoms with Gasteiger partial charge in [0.2, 0.25) is 0 Å². The molecule has 21 heavy (non-hydrogen) atoms. The minimum Gasteiger partial charge on any atom is -0.408 e. The standard InChI is InChI=1S/C18H29O2P/c1-2-3-4-5-6-7-8-9-10-11-12-17-13-15-18(16-14-17)20-21-19/h13-16H,2-12H2,1H3. The van der Waals surface area contributed by atoms with Gasteiger partial charge in [-0.1, -0.05) is 76.8 Å². The van der Waals surface area contributed by atoms with E-state index in [0.29, 0.717) is 5.75 Å². The van der Waals surface area contributed by atoms with Gasteiger partial charge in [-0.3, -0.25) is 0 Å². The van der Waals surface area contributed by atoms with Crippen LogP contribution in [0.2, 0.25) is 0 Å². The molecule has 0 heterocycles. The SMILES string of the molecule is CCCCCCCCCCCCc1ccc(OP=O)cc1. The first-order chi connectivity index (χ1) is 10.4. The monoisotopic (exact) mass is 308 g/mol. The molecule has 0 saturated heterocycles. The highest BCUT2D eigenvalue weighted by Gasteiger charge is 1.97. The molecule has 0 aromatic heterocycles. The largest absolute Gasteiger partial charge is 0.408 e. The lowest BCUT2D eigenvalue weighted by Crippen LogP contribution is -1.87. The van der Waals surface area contributed by atoms with Crippen molar-refractivity contribution in [3.8, 4) is 5.75 Å². The van der Waals surface area contributed by atoms with E-state index in [4.69, 9.17) is 4.52 Å². The Morgan fingerprint density at radius 3 is 1.86 bits per heavy atom. The van der Waals surface area contributed by atoms with Crippen LogP contribution in [0.5, 0.6) is 5.75 Å². The van der Waals surface area contributed by atoms with E-state index in [1.807, 2.05) is 12.1 Å². The van der Waals surface area contributed by atoms with Gasteiger partial charge in [-0.05, 0) is 30.5 Å². The molecule has 0 bridgehead atoms. The maximum absolute atomic E-state index is 10.3. The summed E-state index contributed by atoms with van der Waals surface area (Å²) in [7, 11) is -0.286. The van der Waals surface area contributed by atoms with Crippen LogP contribution in [0.15, 0.2) is 24.3 Å². The lowest BCUT2D eigenvalue weighted by molar-refractivity contribution is 0.525. The lowest BCUT2D eigenvalue weighted by atomic mass is 10.0. The average molecular weight is 308 g/mol. The molecule has 0 spiro atoms. The van der Waals surface area contributed by atoms with Crippen molar-refractivity contribution in [2.45, 2.75) is 77.6 Å². The van der Waals surface area contributed by atoms with Crippen molar-refractivity contribution in [1.29, 1.82) is 0 Å². The molecular formula is C18H29O2P. The average Bonchev–Trinajstić information content (AvgIpc) is 2.51. The maximum atomic E-state index is 10.3. The molecule has 0 saturated carbocycles. The molecule has 1 rings (SSSR count). The van der Waals surface area contributed by atoms with Crippen molar-refractivity contribution in [3.63, 3.8) is 0 Å². The van der Waals surface area contributed by atoms with Crippen LogP contribution in [0, 0.1) is 0 Å². The zero-order valence-corrected chi connectivity index (χ0v) is 14.2. The highest BCUT2D eigenvalue weighted by Crippen LogP contribution is 2.17. The van der Waals surface area contributed by atoms with E-state index in [0.717, 1.165) is 6.42 Å². The fraction of sp³-hybridized carbons (Fsp3) is 0.667. The van der Waals surface area contributed by atoms with Gasteiger partial charge in [0, 0.05) is 0 Å². The maximum Gasteiger partial charge on any atom is 0.395 e. The molecule has 0 unspecified atom stereocenters. The van der Waals surface area contributed by atoms with E-state index in [1.165, 1.54) is 69.8 Å². The highest BCUT2D eigenvalue weighted by atomic mass is 31.1. The van der Waals surface area contributed by atoms with E-state index < -0.39 is 0 Å². The van der Waals surface area contributed by atoms with E-state index in [9.17, 15) is 4.57 Å². The van der Waals surface area contributed by atoms with Crippen LogP contribution in [0.25, 0.3) is 0 Å². The Morgan fingerprint density at radius 1 is 0.810 bits per heavy atom. The Bertz CT molecular complexity index is 362. The number of aryl methyl sites for hydroxylation is 1. The van der Waals surface area contributed by atoms with Crippen molar-refractivity contribution < 1.29 is 9.09 Å². The van der Waals surface area contributed by atoms with E-state index in [2.05, 4.69) is 19.1 Å². The van der Waals surface area contributed by atoms with Crippen molar-refractivity contribution in [2.24, 2.45) is 0 Å². The second kappa shape index (κ2) is 12.8. The normalized spacial score (nSPS) is 10.9. The summed E-state index contributed by atoms with van der Waals surface area (Å²) in [5, 5.41) is 0. The predicted molar refractivity (Wildman–Crippen MR) is 90.2 cm³/mol. The number of unbranched alkanes of at least 4 members (excludes halogenated alkanes) is 9. The number of hydrogen-bond donors (Lipinski definition) is 0. The quantitative estimate of drug-likeness (QED) is 0.298. The topological polar surface area (TPSA) is 26.3 Å². The first-order valence-corrected chi connectivity index (χ1v) is 9.18. The van der Waals surface area contributed by atoms with Crippen LogP contribution < -0.4 is 4.52 Å². The molecule has 0 N–H and O–H groups in total. The summed E-state index contributed by atoms with van der Waals surface area (Å²) in [5.41, 5.74) is 1.34.